The Morgan fingerprint density at radius 3 is 2.61 bits per heavy atom. The van der Waals surface area contributed by atoms with Gasteiger partial charge in [0, 0.05) is 48.9 Å². The number of nitrogens with two attached hydrogens (primary N) is 1. The van der Waals surface area contributed by atoms with E-state index in [9.17, 15) is 0 Å². The summed E-state index contributed by atoms with van der Waals surface area (Å²) in [5, 5.41) is 0. The number of ether oxygens (including phenoxy) is 1. The highest BCUT2D eigenvalue weighted by molar-refractivity contribution is 5.56. The van der Waals surface area contributed by atoms with Crippen LogP contribution in [-0.4, -0.2) is 31.3 Å². The van der Waals surface area contributed by atoms with Gasteiger partial charge in [-0.15, -0.1) is 0 Å². The second-order valence-electron chi connectivity index (χ2n) is 4.64. The van der Waals surface area contributed by atoms with E-state index in [1.165, 1.54) is 5.69 Å². The minimum atomic E-state index is 0.325. The molecule has 4 heteroatoms. The van der Waals surface area contributed by atoms with Gasteiger partial charge in [0.1, 0.15) is 0 Å². The molecule has 1 rings (SSSR count). The van der Waals surface area contributed by atoms with E-state index < -0.39 is 0 Å². The number of nitrogens with zero attached hydrogens (tertiary/aromatic N) is 2. The monoisotopic (exact) mass is 251 g/mol. The SMILES string of the molecule is CCN(c1cc(C)nc(C)c1CN)C(C)COC. The lowest BCUT2D eigenvalue weighted by atomic mass is 10.1. The van der Waals surface area contributed by atoms with Crippen LogP contribution >= 0.6 is 0 Å². The molecule has 0 bridgehead atoms. The summed E-state index contributed by atoms with van der Waals surface area (Å²) in [5.41, 5.74) is 10.2. The van der Waals surface area contributed by atoms with Crippen molar-refractivity contribution in [3.63, 3.8) is 0 Å². The number of methoxy groups -OCH3 is 1. The van der Waals surface area contributed by atoms with Gasteiger partial charge in [0.25, 0.3) is 0 Å². The fourth-order valence-corrected chi connectivity index (χ4v) is 2.39. The summed E-state index contributed by atoms with van der Waals surface area (Å²) >= 11 is 0. The lowest BCUT2D eigenvalue weighted by Gasteiger charge is -2.32. The summed E-state index contributed by atoms with van der Waals surface area (Å²) < 4.78 is 5.25. The Bertz CT molecular complexity index is 393. The maximum atomic E-state index is 5.87. The highest BCUT2D eigenvalue weighted by atomic mass is 16.5. The van der Waals surface area contributed by atoms with Gasteiger partial charge in [-0.1, -0.05) is 0 Å². The van der Waals surface area contributed by atoms with E-state index in [0.29, 0.717) is 19.2 Å². The molecule has 0 spiro atoms. The molecule has 0 saturated heterocycles. The van der Waals surface area contributed by atoms with Gasteiger partial charge in [-0.05, 0) is 33.8 Å². The number of rotatable bonds is 6. The van der Waals surface area contributed by atoms with Crippen molar-refractivity contribution in [2.24, 2.45) is 5.73 Å². The average molecular weight is 251 g/mol. The smallest absolute Gasteiger partial charge is 0.0663 e. The van der Waals surface area contributed by atoms with E-state index in [1.54, 1.807) is 7.11 Å². The summed E-state index contributed by atoms with van der Waals surface area (Å²) in [7, 11) is 1.73. The molecule has 0 aliphatic carbocycles. The van der Waals surface area contributed by atoms with Crippen molar-refractivity contribution in [2.45, 2.75) is 40.3 Å². The van der Waals surface area contributed by atoms with Crippen LogP contribution in [0.4, 0.5) is 5.69 Å². The van der Waals surface area contributed by atoms with Crippen LogP contribution in [0, 0.1) is 13.8 Å². The Morgan fingerprint density at radius 1 is 1.44 bits per heavy atom. The number of aromatic nitrogens is 1. The first-order valence-corrected chi connectivity index (χ1v) is 6.47. The summed E-state index contributed by atoms with van der Waals surface area (Å²) in [6, 6.07) is 2.44. The van der Waals surface area contributed by atoms with Crippen molar-refractivity contribution in [2.75, 3.05) is 25.2 Å². The predicted octanol–water partition coefficient (Wildman–Crippen LogP) is 2.02. The quantitative estimate of drug-likeness (QED) is 0.840. The van der Waals surface area contributed by atoms with Gasteiger partial charge in [-0.3, -0.25) is 4.98 Å². The van der Waals surface area contributed by atoms with Crippen molar-refractivity contribution in [3.05, 3.63) is 23.0 Å². The van der Waals surface area contributed by atoms with E-state index in [0.717, 1.165) is 23.5 Å². The second kappa shape index (κ2) is 6.71. The molecule has 1 heterocycles. The minimum Gasteiger partial charge on any atom is -0.383 e. The van der Waals surface area contributed by atoms with Crippen molar-refractivity contribution < 1.29 is 4.74 Å². The maximum Gasteiger partial charge on any atom is 0.0663 e. The molecule has 1 unspecified atom stereocenters. The molecule has 0 fully saturated rings. The molecule has 1 aromatic heterocycles. The number of pyridine rings is 1. The Morgan fingerprint density at radius 2 is 2.11 bits per heavy atom. The summed E-state index contributed by atoms with van der Waals surface area (Å²) in [6.45, 7) is 10.5. The van der Waals surface area contributed by atoms with Crippen molar-refractivity contribution in [3.8, 4) is 0 Å². The number of anilines is 1. The standard InChI is InChI=1S/C14H25N3O/c1-6-17(11(3)9-18-5)14-7-10(2)16-12(4)13(14)8-15/h7,11H,6,8-9,15H2,1-5H3. The number of aryl methyl sites for hydroxylation is 2. The zero-order chi connectivity index (χ0) is 13.7. The molecule has 0 aliphatic rings. The molecule has 0 amide bonds. The third-order valence-corrected chi connectivity index (χ3v) is 3.23. The third-order valence-electron chi connectivity index (χ3n) is 3.23. The summed E-state index contributed by atoms with van der Waals surface area (Å²) in [6.07, 6.45) is 0. The van der Waals surface area contributed by atoms with Crippen LogP contribution < -0.4 is 10.6 Å². The zero-order valence-corrected chi connectivity index (χ0v) is 12.2. The van der Waals surface area contributed by atoms with E-state index >= 15 is 0 Å². The van der Waals surface area contributed by atoms with Gasteiger partial charge in [0.15, 0.2) is 0 Å². The van der Waals surface area contributed by atoms with Gasteiger partial charge in [-0.2, -0.15) is 0 Å². The van der Waals surface area contributed by atoms with Gasteiger partial charge in [0.2, 0.25) is 0 Å². The molecule has 2 N–H and O–H groups in total. The van der Waals surface area contributed by atoms with Crippen LogP contribution in [0.5, 0.6) is 0 Å². The maximum absolute atomic E-state index is 5.87. The molecule has 0 radical (unpaired) electrons. The van der Waals surface area contributed by atoms with Crippen molar-refractivity contribution in [1.29, 1.82) is 0 Å². The van der Waals surface area contributed by atoms with E-state index in [-0.39, 0.29) is 0 Å². The Balaban J connectivity index is 3.19. The lowest BCUT2D eigenvalue weighted by Crippen LogP contribution is -2.37. The van der Waals surface area contributed by atoms with E-state index in [4.69, 9.17) is 10.5 Å². The van der Waals surface area contributed by atoms with E-state index in [2.05, 4.69) is 29.8 Å². The fraction of sp³-hybridized carbons (Fsp3) is 0.643. The second-order valence-corrected chi connectivity index (χ2v) is 4.64. The Labute approximate surface area is 110 Å². The fourth-order valence-electron chi connectivity index (χ4n) is 2.39. The van der Waals surface area contributed by atoms with Crippen LogP contribution in [0.3, 0.4) is 0 Å². The Hall–Kier alpha value is -1.13. The van der Waals surface area contributed by atoms with Crippen LogP contribution in [0.25, 0.3) is 0 Å². The molecular formula is C14H25N3O. The molecule has 4 nitrogen and oxygen atoms in total. The highest BCUT2D eigenvalue weighted by Crippen LogP contribution is 2.25. The first kappa shape index (κ1) is 14.9. The molecular weight excluding hydrogens is 226 g/mol. The van der Waals surface area contributed by atoms with Crippen LogP contribution in [0.15, 0.2) is 6.07 Å². The summed E-state index contributed by atoms with van der Waals surface area (Å²) in [4.78, 5) is 6.82. The molecule has 18 heavy (non-hydrogen) atoms. The van der Waals surface area contributed by atoms with Gasteiger partial charge in [-0.25, -0.2) is 0 Å². The third kappa shape index (κ3) is 3.21. The van der Waals surface area contributed by atoms with Crippen LogP contribution in [-0.2, 0) is 11.3 Å². The zero-order valence-electron chi connectivity index (χ0n) is 12.2. The van der Waals surface area contributed by atoms with Crippen molar-refractivity contribution in [1.82, 2.24) is 4.98 Å². The van der Waals surface area contributed by atoms with Crippen LogP contribution in [0.1, 0.15) is 30.8 Å². The molecule has 0 aliphatic heterocycles. The summed E-state index contributed by atoms with van der Waals surface area (Å²) in [5.74, 6) is 0. The van der Waals surface area contributed by atoms with Gasteiger partial charge >= 0.3 is 0 Å². The molecule has 1 aromatic rings. The topological polar surface area (TPSA) is 51.4 Å². The number of hydrogen-bond acceptors (Lipinski definition) is 4. The predicted molar refractivity (Wildman–Crippen MR) is 76.0 cm³/mol. The minimum absolute atomic E-state index is 0.325. The molecule has 102 valence electrons. The van der Waals surface area contributed by atoms with Crippen LogP contribution in [0.2, 0.25) is 0 Å². The molecule has 0 saturated carbocycles. The van der Waals surface area contributed by atoms with E-state index in [1.807, 2.05) is 13.8 Å². The van der Waals surface area contributed by atoms with Gasteiger partial charge in [0.05, 0.1) is 6.61 Å². The first-order chi connectivity index (χ1) is 8.54. The van der Waals surface area contributed by atoms with Gasteiger partial charge < -0.3 is 15.4 Å². The Kier molecular flexibility index (Phi) is 5.56. The molecule has 0 aromatic carbocycles. The highest BCUT2D eigenvalue weighted by Gasteiger charge is 2.17. The normalized spacial score (nSPS) is 12.6. The molecule has 1 atom stereocenters. The average Bonchev–Trinajstić information content (AvgIpc) is 2.29. The van der Waals surface area contributed by atoms with Crippen molar-refractivity contribution >= 4 is 5.69 Å². The lowest BCUT2D eigenvalue weighted by molar-refractivity contribution is 0.182. The number of likely N-dealkylation sites (N-methyl/N-ethyl adjacent to an activating group) is 1. The first-order valence-electron chi connectivity index (χ1n) is 6.47. The largest absolute Gasteiger partial charge is 0.383 e. The number of hydrogen-bond donors (Lipinski definition) is 1.